The SMILES string of the molecule is Cc1cc(NC(=O)c2cccn(Cc3ccccc3F)c2=O)c2ccccc2n1. The fourth-order valence-corrected chi connectivity index (χ4v) is 3.25. The minimum Gasteiger partial charge on any atom is -0.321 e. The Labute approximate surface area is 166 Å². The maximum atomic E-state index is 13.9. The van der Waals surface area contributed by atoms with Gasteiger partial charge < -0.3 is 9.88 Å². The third-order valence-corrected chi connectivity index (χ3v) is 4.66. The summed E-state index contributed by atoms with van der Waals surface area (Å²) in [5, 5.41) is 3.61. The van der Waals surface area contributed by atoms with Crippen LogP contribution in [0, 0.1) is 12.7 Å². The van der Waals surface area contributed by atoms with Gasteiger partial charge in [-0.25, -0.2) is 4.39 Å². The Morgan fingerprint density at radius 1 is 1.07 bits per heavy atom. The van der Waals surface area contributed by atoms with Gasteiger partial charge in [-0.1, -0.05) is 36.4 Å². The highest BCUT2D eigenvalue weighted by Gasteiger charge is 2.15. The summed E-state index contributed by atoms with van der Waals surface area (Å²) < 4.78 is 15.3. The zero-order valence-electron chi connectivity index (χ0n) is 15.7. The fourth-order valence-electron chi connectivity index (χ4n) is 3.25. The molecule has 4 aromatic rings. The molecule has 5 nitrogen and oxygen atoms in total. The lowest BCUT2D eigenvalue weighted by Gasteiger charge is -2.11. The molecular formula is C23H18FN3O2. The third-order valence-electron chi connectivity index (χ3n) is 4.66. The Balaban J connectivity index is 1.67. The molecule has 1 amide bonds. The molecule has 0 unspecified atom stereocenters. The van der Waals surface area contributed by atoms with E-state index < -0.39 is 17.3 Å². The van der Waals surface area contributed by atoms with Crippen LogP contribution < -0.4 is 10.9 Å². The van der Waals surface area contributed by atoms with Crippen LogP contribution in [0.2, 0.25) is 0 Å². The van der Waals surface area contributed by atoms with Gasteiger partial charge in [0.15, 0.2) is 0 Å². The number of para-hydroxylation sites is 1. The molecule has 0 saturated carbocycles. The first-order valence-corrected chi connectivity index (χ1v) is 9.13. The van der Waals surface area contributed by atoms with E-state index in [0.717, 1.165) is 16.6 Å². The minimum atomic E-state index is -0.520. The number of benzene rings is 2. The number of nitrogens with zero attached hydrogens (tertiary/aromatic N) is 2. The van der Waals surface area contributed by atoms with Crippen LogP contribution in [0.3, 0.4) is 0 Å². The summed E-state index contributed by atoms with van der Waals surface area (Å²) in [5.74, 6) is -0.915. The van der Waals surface area contributed by atoms with E-state index in [0.29, 0.717) is 11.3 Å². The standard InChI is InChI=1S/C23H18FN3O2/c1-15-13-21(17-8-3-5-11-20(17)25-15)26-22(28)18-9-6-12-27(23(18)29)14-16-7-2-4-10-19(16)24/h2-13H,14H2,1H3,(H,25,26,28). The maximum Gasteiger partial charge on any atom is 0.263 e. The lowest BCUT2D eigenvalue weighted by molar-refractivity contribution is 0.102. The molecule has 1 N–H and O–H groups in total. The molecule has 2 heterocycles. The first-order valence-electron chi connectivity index (χ1n) is 9.13. The number of amides is 1. The van der Waals surface area contributed by atoms with Gasteiger partial charge in [0, 0.05) is 22.8 Å². The summed E-state index contributed by atoms with van der Waals surface area (Å²) >= 11 is 0. The van der Waals surface area contributed by atoms with Gasteiger partial charge in [0.05, 0.1) is 17.7 Å². The molecule has 6 heteroatoms. The van der Waals surface area contributed by atoms with Gasteiger partial charge in [0.2, 0.25) is 0 Å². The summed E-state index contributed by atoms with van der Waals surface area (Å²) in [6.07, 6.45) is 1.54. The lowest BCUT2D eigenvalue weighted by Crippen LogP contribution is -2.29. The zero-order chi connectivity index (χ0) is 20.4. The summed E-state index contributed by atoms with van der Waals surface area (Å²) in [4.78, 5) is 30.1. The number of rotatable bonds is 4. The summed E-state index contributed by atoms with van der Waals surface area (Å²) in [6.45, 7) is 1.88. The molecule has 4 rings (SSSR count). The van der Waals surface area contributed by atoms with E-state index in [1.165, 1.54) is 22.9 Å². The van der Waals surface area contributed by atoms with Gasteiger partial charge in [-0.15, -0.1) is 0 Å². The number of nitrogens with one attached hydrogen (secondary N) is 1. The van der Waals surface area contributed by atoms with Gasteiger partial charge in [0.1, 0.15) is 11.4 Å². The van der Waals surface area contributed by atoms with Crippen molar-refractivity contribution in [2.24, 2.45) is 0 Å². The van der Waals surface area contributed by atoms with E-state index in [-0.39, 0.29) is 12.1 Å². The third kappa shape index (κ3) is 3.78. The van der Waals surface area contributed by atoms with E-state index in [1.54, 1.807) is 30.3 Å². The zero-order valence-corrected chi connectivity index (χ0v) is 15.7. The van der Waals surface area contributed by atoms with Crippen molar-refractivity contribution in [1.82, 2.24) is 9.55 Å². The molecule has 0 fully saturated rings. The van der Waals surface area contributed by atoms with E-state index in [1.807, 2.05) is 31.2 Å². The largest absolute Gasteiger partial charge is 0.321 e. The quantitative estimate of drug-likeness (QED) is 0.572. The van der Waals surface area contributed by atoms with Crippen LogP contribution >= 0.6 is 0 Å². The monoisotopic (exact) mass is 387 g/mol. The van der Waals surface area contributed by atoms with Gasteiger partial charge >= 0.3 is 0 Å². The number of halogens is 1. The molecule has 29 heavy (non-hydrogen) atoms. The molecule has 2 aromatic carbocycles. The number of pyridine rings is 2. The number of aryl methyl sites for hydroxylation is 1. The number of fused-ring (bicyclic) bond motifs is 1. The number of hydrogen-bond acceptors (Lipinski definition) is 3. The molecule has 2 aromatic heterocycles. The topological polar surface area (TPSA) is 64.0 Å². The Morgan fingerprint density at radius 3 is 2.66 bits per heavy atom. The van der Waals surface area contributed by atoms with Crippen molar-refractivity contribution in [1.29, 1.82) is 0 Å². The van der Waals surface area contributed by atoms with Crippen molar-refractivity contribution in [3.8, 4) is 0 Å². The summed E-state index contributed by atoms with van der Waals surface area (Å²) in [6, 6.07) is 18.5. The van der Waals surface area contributed by atoms with Crippen LogP contribution in [0.25, 0.3) is 10.9 Å². The molecule has 0 aliphatic heterocycles. The molecule has 0 atom stereocenters. The predicted molar refractivity (Wildman–Crippen MR) is 111 cm³/mol. The molecule has 0 aliphatic rings. The molecule has 0 bridgehead atoms. The first-order chi connectivity index (χ1) is 14.0. The average Bonchev–Trinajstić information content (AvgIpc) is 2.71. The van der Waals surface area contributed by atoms with Crippen LogP contribution in [-0.4, -0.2) is 15.5 Å². The number of hydrogen-bond donors (Lipinski definition) is 1. The van der Waals surface area contributed by atoms with E-state index in [9.17, 15) is 14.0 Å². The maximum absolute atomic E-state index is 13.9. The van der Waals surface area contributed by atoms with Crippen molar-refractivity contribution in [2.45, 2.75) is 13.5 Å². The summed E-state index contributed by atoms with van der Waals surface area (Å²) in [7, 11) is 0. The Kier molecular flexibility index (Phi) is 4.91. The fraction of sp³-hybridized carbons (Fsp3) is 0.0870. The van der Waals surface area contributed by atoms with Crippen molar-refractivity contribution in [3.63, 3.8) is 0 Å². The highest BCUT2D eigenvalue weighted by molar-refractivity contribution is 6.08. The van der Waals surface area contributed by atoms with Crippen molar-refractivity contribution < 1.29 is 9.18 Å². The summed E-state index contributed by atoms with van der Waals surface area (Å²) in [5.41, 5.74) is 1.98. The molecule has 144 valence electrons. The van der Waals surface area contributed by atoms with E-state index in [4.69, 9.17) is 0 Å². The molecule has 0 spiro atoms. The second-order valence-corrected chi connectivity index (χ2v) is 6.73. The number of aromatic nitrogens is 2. The molecule has 0 aliphatic carbocycles. The van der Waals surface area contributed by atoms with E-state index >= 15 is 0 Å². The number of carbonyl (C=O) groups is 1. The normalized spacial score (nSPS) is 10.8. The van der Waals surface area contributed by atoms with Crippen LogP contribution in [0.15, 0.2) is 77.7 Å². The predicted octanol–water partition coefficient (Wildman–Crippen LogP) is 4.14. The number of carbonyl (C=O) groups excluding carboxylic acids is 1. The van der Waals surface area contributed by atoms with Gasteiger partial charge in [-0.05, 0) is 37.3 Å². The van der Waals surface area contributed by atoms with Gasteiger partial charge in [-0.2, -0.15) is 0 Å². The lowest BCUT2D eigenvalue weighted by atomic mass is 10.1. The molecular weight excluding hydrogens is 369 g/mol. The molecule has 0 radical (unpaired) electrons. The van der Waals surface area contributed by atoms with E-state index in [2.05, 4.69) is 10.3 Å². The number of anilines is 1. The van der Waals surface area contributed by atoms with Crippen molar-refractivity contribution in [3.05, 3.63) is 106 Å². The van der Waals surface area contributed by atoms with Crippen molar-refractivity contribution >= 4 is 22.5 Å². The smallest absolute Gasteiger partial charge is 0.263 e. The Hall–Kier alpha value is -3.80. The minimum absolute atomic E-state index is 0.0117. The van der Waals surface area contributed by atoms with Gasteiger partial charge in [0.25, 0.3) is 11.5 Å². The molecule has 0 saturated heterocycles. The Morgan fingerprint density at radius 2 is 1.83 bits per heavy atom. The Bertz CT molecular complexity index is 1280. The van der Waals surface area contributed by atoms with Crippen LogP contribution in [0.4, 0.5) is 10.1 Å². The second-order valence-electron chi connectivity index (χ2n) is 6.73. The highest BCUT2D eigenvalue weighted by atomic mass is 19.1. The first kappa shape index (κ1) is 18.6. The average molecular weight is 387 g/mol. The van der Waals surface area contributed by atoms with Crippen LogP contribution in [-0.2, 0) is 6.54 Å². The highest BCUT2D eigenvalue weighted by Crippen LogP contribution is 2.23. The van der Waals surface area contributed by atoms with Gasteiger partial charge in [-0.3, -0.25) is 14.6 Å². The van der Waals surface area contributed by atoms with Crippen LogP contribution in [0.5, 0.6) is 0 Å². The van der Waals surface area contributed by atoms with Crippen molar-refractivity contribution in [2.75, 3.05) is 5.32 Å². The van der Waals surface area contributed by atoms with Crippen LogP contribution in [0.1, 0.15) is 21.6 Å². The second kappa shape index (κ2) is 7.67.